The van der Waals surface area contributed by atoms with Crippen LogP contribution in [-0.2, 0) is 23.8 Å². The number of nitrogens with one attached hydrogen (secondary N) is 1. The van der Waals surface area contributed by atoms with Gasteiger partial charge >= 0.3 is 5.97 Å². The molecule has 1 rings (SSSR count). The average Bonchev–Trinajstić information content (AvgIpc) is 3.48. The van der Waals surface area contributed by atoms with Crippen LogP contribution in [0.4, 0.5) is 0 Å². The number of hydrogen-bond donors (Lipinski definition) is 6. The molecule has 1 heterocycles. The van der Waals surface area contributed by atoms with Crippen LogP contribution in [0.2, 0.25) is 0 Å². The molecule has 8 atom stereocenters. The normalized spacial score (nSPS) is 19.5. The quantitative estimate of drug-likeness (QED) is 0.0195. The Kier molecular flexibility index (Phi) is 52.4. The van der Waals surface area contributed by atoms with Crippen LogP contribution in [0.25, 0.3) is 0 Å². The Labute approximate surface area is 493 Å². The minimum absolute atomic E-state index is 0.0907. The summed E-state index contributed by atoms with van der Waals surface area (Å²) in [6, 6.07) is -1.04. The Balaban J connectivity index is 2.64. The first-order valence-electron chi connectivity index (χ1n) is 32.3. The first-order chi connectivity index (χ1) is 39.7. The van der Waals surface area contributed by atoms with Crippen LogP contribution in [0, 0.1) is 0 Å². The van der Waals surface area contributed by atoms with E-state index in [1.54, 1.807) is 6.08 Å². The van der Waals surface area contributed by atoms with E-state index in [2.05, 4.69) is 135 Å². The van der Waals surface area contributed by atoms with Crippen molar-refractivity contribution in [2.45, 2.75) is 294 Å². The van der Waals surface area contributed by atoms with Crippen molar-refractivity contribution in [3.63, 3.8) is 0 Å². The predicted molar refractivity (Wildman–Crippen MR) is 338 cm³/mol. The second-order valence-corrected chi connectivity index (χ2v) is 21.7. The van der Waals surface area contributed by atoms with Crippen LogP contribution >= 0.6 is 0 Å². The summed E-state index contributed by atoms with van der Waals surface area (Å²) in [6.07, 6.45) is 68.1. The maximum absolute atomic E-state index is 13.5. The Bertz CT molecular complexity index is 1780. The van der Waals surface area contributed by atoms with E-state index in [1.807, 2.05) is 6.08 Å². The number of esters is 1. The smallest absolute Gasteiger partial charge is 0.306 e. The van der Waals surface area contributed by atoms with Crippen molar-refractivity contribution in [2.75, 3.05) is 13.2 Å². The third-order valence-electron chi connectivity index (χ3n) is 14.4. The zero-order valence-electron chi connectivity index (χ0n) is 51.1. The van der Waals surface area contributed by atoms with Crippen LogP contribution in [0.5, 0.6) is 0 Å². The van der Waals surface area contributed by atoms with Crippen molar-refractivity contribution in [3.05, 3.63) is 122 Å². The van der Waals surface area contributed by atoms with Gasteiger partial charge in [0.15, 0.2) is 12.4 Å². The lowest BCUT2D eigenvalue weighted by atomic mass is 9.99. The molecule has 1 saturated heterocycles. The van der Waals surface area contributed by atoms with Crippen molar-refractivity contribution in [1.82, 2.24) is 5.32 Å². The number of carbonyl (C=O) groups is 2. The van der Waals surface area contributed by atoms with Crippen molar-refractivity contribution in [1.29, 1.82) is 0 Å². The lowest BCUT2D eigenvalue weighted by molar-refractivity contribution is -0.305. The molecule has 462 valence electrons. The van der Waals surface area contributed by atoms with Crippen LogP contribution in [-0.4, -0.2) is 99.6 Å². The summed E-state index contributed by atoms with van der Waals surface area (Å²) in [6.45, 7) is 5.53. The number of hydrogen-bond acceptors (Lipinski definition) is 10. The van der Waals surface area contributed by atoms with Gasteiger partial charge in [-0.2, -0.15) is 0 Å². The highest BCUT2D eigenvalue weighted by Crippen LogP contribution is 2.26. The molecule has 11 heteroatoms. The molecule has 0 bridgehead atoms. The van der Waals surface area contributed by atoms with Gasteiger partial charge < -0.3 is 45.1 Å². The fraction of sp³-hybridized carbons (Fsp3) is 0.686. The average molecular weight is 1130 g/mol. The molecule has 0 radical (unpaired) electrons. The standard InChI is InChI=1S/C70H117NO10/c1-4-7-10-13-16-19-22-25-27-28-29-30-31-32-33-34-35-36-37-38-39-42-45-48-51-54-57-63(74)69(78)71-61(62(73)56-53-50-47-44-41-24-21-18-15-12-9-6-3)60-79-70-68(67(77)66(76)64(59-72)80-70)81-65(75)58-55-52-49-46-43-40-26-23-20-17-14-11-8-5-2/h7-8,10-11,16-17,19-20,25-27,29-30,32-33,35-36,40,53,56,61-64,66-68,70,72-74,76-77H,4-6,9,12-15,18,21-24,28,31,34,37-39,41-52,54-55,57-60H2,1-3H3,(H,71,78)/b10-7-,11-8+,19-16-,20-17+,27-25-,30-29-,33-32-,36-35-,40-26+,56-53+. The Hall–Kier alpha value is -3.94. The predicted octanol–water partition coefficient (Wildman–Crippen LogP) is 15.8. The SMILES string of the molecule is CC/C=C\C/C=C\C/C=C\C/C=C\C/C=C\C/C=C\CCCCCCCCCC(O)C(=O)NC(COC1OC(CO)C(O)C(O)C1OC(=O)CCCCCC/C=C/C/C=C/C/C=C/CC)C(O)/C=C/CCCCCCCCCCCC. The van der Waals surface area contributed by atoms with E-state index >= 15 is 0 Å². The van der Waals surface area contributed by atoms with Gasteiger partial charge in [-0.25, -0.2) is 0 Å². The summed E-state index contributed by atoms with van der Waals surface area (Å²) >= 11 is 0. The minimum Gasteiger partial charge on any atom is -0.454 e. The van der Waals surface area contributed by atoms with Crippen LogP contribution in [0.3, 0.4) is 0 Å². The summed E-state index contributed by atoms with van der Waals surface area (Å²) in [4.78, 5) is 26.6. The highest BCUT2D eigenvalue weighted by molar-refractivity contribution is 5.80. The third kappa shape index (κ3) is 44.3. The third-order valence-corrected chi connectivity index (χ3v) is 14.4. The first kappa shape index (κ1) is 75.1. The summed E-state index contributed by atoms with van der Waals surface area (Å²) in [5, 5.41) is 57.0. The van der Waals surface area contributed by atoms with E-state index in [9.17, 15) is 35.1 Å². The molecular formula is C70H117NO10. The summed E-state index contributed by atoms with van der Waals surface area (Å²) in [5.41, 5.74) is 0. The minimum atomic E-state index is -1.63. The van der Waals surface area contributed by atoms with Crippen LogP contribution in [0.15, 0.2) is 122 Å². The molecule has 0 aliphatic carbocycles. The fourth-order valence-electron chi connectivity index (χ4n) is 9.32. The molecule has 0 aromatic carbocycles. The Morgan fingerprint density at radius 1 is 0.494 bits per heavy atom. The Morgan fingerprint density at radius 3 is 1.33 bits per heavy atom. The second kappa shape index (κ2) is 56.5. The van der Waals surface area contributed by atoms with Gasteiger partial charge in [-0.05, 0) is 109 Å². The highest BCUT2D eigenvalue weighted by atomic mass is 16.7. The summed E-state index contributed by atoms with van der Waals surface area (Å²) < 4.78 is 17.6. The summed E-state index contributed by atoms with van der Waals surface area (Å²) in [7, 11) is 0. The highest BCUT2D eigenvalue weighted by Gasteiger charge is 2.47. The van der Waals surface area contributed by atoms with E-state index in [1.165, 1.54) is 51.4 Å². The maximum atomic E-state index is 13.5. The van der Waals surface area contributed by atoms with Crippen molar-refractivity contribution in [3.8, 4) is 0 Å². The monoisotopic (exact) mass is 1130 g/mol. The number of amides is 1. The maximum Gasteiger partial charge on any atom is 0.306 e. The van der Waals surface area contributed by atoms with Crippen LogP contribution < -0.4 is 5.32 Å². The van der Waals surface area contributed by atoms with Crippen LogP contribution in [0.1, 0.15) is 245 Å². The molecule has 1 aliphatic heterocycles. The molecule has 0 spiro atoms. The molecule has 8 unspecified atom stereocenters. The molecule has 6 N–H and O–H groups in total. The molecule has 81 heavy (non-hydrogen) atoms. The molecular weight excluding hydrogens is 1010 g/mol. The van der Waals surface area contributed by atoms with Gasteiger partial charge in [0.05, 0.1) is 25.4 Å². The van der Waals surface area contributed by atoms with Crippen molar-refractivity contribution >= 4 is 11.9 Å². The zero-order chi connectivity index (χ0) is 58.9. The number of aliphatic hydroxyl groups is 5. The number of unbranched alkanes of at least 4 members (excludes halogenated alkanes) is 21. The lowest BCUT2D eigenvalue weighted by Crippen LogP contribution is -2.61. The molecule has 0 aromatic heterocycles. The van der Waals surface area contributed by atoms with Gasteiger partial charge in [0.2, 0.25) is 5.91 Å². The number of ether oxygens (including phenoxy) is 3. The van der Waals surface area contributed by atoms with E-state index in [4.69, 9.17) is 14.2 Å². The zero-order valence-corrected chi connectivity index (χ0v) is 51.1. The van der Waals surface area contributed by atoms with Gasteiger partial charge in [-0.1, -0.05) is 251 Å². The first-order valence-corrected chi connectivity index (χ1v) is 32.3. The van der Waals surface area contributed by atoms with E-state index in [-0.39, 0.29) is 19.4 Å². The van der Waals surface area contributed by atoms with Crippen molar-refractivity contribution in [2.24, 2.45) is 0 Å². The molecule has 0 saturated carbocycles. The number of aliphatic hydroxyl groups excluding tert-OH is 5. The lowest BCUT2D eigenvalue weighted by Gasteiger charge is -2.41. The number of rotatable bonds is 53. The number of allylic oxidation sites excluding steroid dienone is 19. The topological polar surface area (TPSA) is 175 Å². The fourth-order valence-corrected chi connectivity index (χ4v) is 9.32. The van der Waals surface area contributed by atoms with Crippen molar-refractivity contribution < 1.29 is 49.3 Å². The van der Waals surface area contributed by atoms with E-state index < -0.39 is 67.4 Å². The molecule has 11 nitrogen and oxygen atoms in total. The second-order valence-electron chi connectivity index (χ2n) is 21.7. The van der Waals surface area contributed by atoms with E-state index in [0.29, 0.717) is 12.8 Å². The van der Waals surface area contributed by atoms with Gasteiger partial charge in [-0.15, -0.1) is 0 Å². The molecule has 1 aliphatic rings. The van der Waals surface area contributed by atoms with Gasteiger partial charge in [0, 0.05) is 6.42 Å². The molecule has 1 amide bonds. The van der Waals surface area contributed by atoms with Gasteiger partial charge in [0.25, 0.3) is 0 Å². The molecule has 1 fully saturated rings. The van der Waals surface area contributed by atoms with Gasteiger partial charge in [-0.3, -0.25) is 9.59 Å². The Morgan fingerprint density at radius 2 is 0.889 bits per heavy atom. The molecule has 0 aromatic rings. The number of carbonyl (C=O) groups excluding carboxylic acids is 2. The summed E-state index contributed by atoms with van der Waals surface area (Å²) in [5.74, 6) is -1.23. The van der Waals surface area contributed by atoms with E-state index in [0.717, 1.165) is 148 Å². The largest absolute Gasteiger partial charge is 0.454 e. The van der Waals surface area contributed by atoms with Gasteiger partial charge in [0.1, 0.15) is 24.4 Å².